The van der Waals surface area contributed by atoms with Gasteiger partial charge in [-0.15, -0.1) is 0 Å². The molecule has 0 aliphatic rings. The Bertz CT molecular complexity index is 5350. The number of benzene rings is 13. The lowest BCUT2D eigenvalue weighted by atomic mass is 9.92. The van der Waals surface area contributed by atoms with Gasteiger partial charge in [-0.2, -0.15) is 0 Å². The molecule has 406 valence electrons. The Kier molecular flexibility index (Phi) is 11.8. The Morgan fingerprint density at radius 3 is 1.06 bits per heavy atom. The summed E-state index contributed by atoms with van der Waals surface area (Å²) in [6.07, 6.45) is 0. The van der Waals surface area contributed by atoms with Gasteiger partial charge in [-0.3, -0.25) is 0 Å². The molecular weight excluding hydrogens is 1060 g/mol. The molecule has 0 bridgehead atoms. The Balaban J connectivity index is 0.927. The van der Waals surface area contributed by atoms with Crippen LogP contribution in [0.1, 0.15) is 0 Å². The van der Waals surface area contributed by atoms with Crippen molar-refractivity contribution >= 4 is 65.6 Å². The number of furan rings is 1. The molecule has 6 nitrogen and oxygen atoms in total. The van der Waals surface area contributed by atoms with Gasteiger partial charge in [0.1, 0.15) is 11.2 Å². The maximum atomic E-state index is 7.44. The lowest BCUT2D eigenvalue weighted by Gasteiger charge is -2.21. The van der Waals surface area contributed by atoms with Gasteiger partial charge in [0.25, 0.3) is 0 Å². The van der Waals surface area contributed by atoms with Crippen LogP contribution < -0.4 is 0 Å². The van der Waals surface area contributed by atoms with Crippen LogP contribution in [0.3, 0.4) is 0 Å². The van der Waals surface area contributed by atoms with E-state index in [1.807, 2.05) is 6.07 Å². The van der Waals surface area contributed by atoms with Crippen LogP contribution in [0.2, 0.25) is 0 Å². The van der Waals surface area contributed by atoms with Crippen molar-refractivity contribution in [1.29, 1.82) is 0 Å². The number of hydrogen-bond acceptors (Lipinski definition) is 4. The average Bonchev–Trinajstić information content (AvgIpc) is 1.68. The van der Waals surface area contributed by atoms with E-state index in [-0.39, 0.29) is 0 Å². The summed E-state index contributed by atoms with van der Waals surface area (Å²) in [6.45, 7) is 0. The topological polar surface area (TPSA) is 61.7 Å². The van der Waals surface area contributed by atoms with E-state index in [0.717, 1.165) is 149 Å². The quantitative estimate of drug-likeness (QED) is 0.137. The molecule has 0 spiro atoms. The fourth-order valence-corrected chi connectivity index (χ4v) is 13.1. The molecule has 13 aromatic carbocycles. The Morgan fingerprint density at radius 1 is 0.230 bits per heavy atom. The van der Waals surface area contributed by atoms with Crippen molar-refractivity contribution in [3.63, 3.8) is 0 Å². The maximum absolute atomic E-state index is 7.44. The van der Waals surface area contributed by atoms with Gasteiger partial charge in [0, 0.05) is 55.0 Å². The minimum Gasteiger partial charge on any atom is -0.455 e. The summed E-state index contributed by atoms with van der Waals surface area (Å²) in [6, 6.07) is 110. The zero-order chi connectivity index (χ0) is 57.4. The first kappa shape index (κ1) is 49.8. The smallest absolute Gasteiger partial charge is 0.164 e. The molecular formula is C81H51N5O. The molecule has 4 aromatic heterocycles. The van der Waals surface area contributed by atoms with Gasteiger partial charge in [-0.05, 0) is 123 Å². The summed E-state index contributed by atoms with van der Waals surface area (Å²) in [7, 11) is 0. The lowest BCUT2D eigenvalue weighted by Crippen LogP contribution is -2.04. The molecule has 0 unspecified atom stereocenters. The molecule has 0 atom stereocenters. The van der Waals surface area contributed by atoms with E-state index in [2.05, 4.69) is 312 Å². The molecule has 4 heterocycles. The van der Waals surface area contributed by atoms with Crippen LogP contribution in [0.4, 0.5) is 0 Å². The van der Waals surface area contributed by atoms with Crippen LogP contribution in [-0.4, -0.2) is 24.1 Å². The van der Waals surface area contributed by atoms with Crippen LogP contribution in [0.15, 0.2) is 314 Å². The van der Waals surface area contributed by atoms with E-state index in [1.165, 1.54) is 0 Å². The predicted octanol–water partition coefficient (Wildman–Crippen LogP) is 21.3. The third-order valence-electron chi connectivity index (χ3n) is 17.1. The third kappa shape index (κ3) is 8.45. The van der Waals surface area contributed by atoms with Crippen molar-refractivity contribution in [2.75, 3.05) is 0 Å². The van der Waals surface area contributed by atoms with Crippen LogP contribution >= 0.6 is 0 Å². The largest absolute Gasteiger partial charge is 0.455 e. The summed E-state index contributed by atoms with van der Waals surface area (Å²) < 4.78 is 12.3. The van der Waals surface area contributed by atoms with Gasteiger partial charge in [0.2, 0.25) is 0 Å². The molecule has 0 amide bonds. The highest BCUT2D eigenvalue weighted by Gasteiger charge is 2.27. The Labute approximate surface area is 501 Å². The van der Waals surface area contributed by atoms with E-state index in [1.54, 1.807) is 0 Å². The van der Waals surface area contributed by atoms with E-state index in [0.29, 0.717) is 17.5 Å². The van der Waals surface area contributed by atoms with Crippen LogP contribution in [-0.2, 0) is 0 Å². The Hall–Kier alpha value is -11.7. The summed E-state index contributed by atoms with van der Waals surface area (Å²) in [4.78, 5) is 16.5. The highest BCUT2D eigenvalue weighted by Crippen LogP contribution is 2.48. The molecule has 0 N–H and O–H groups in total. The monoisotopic (exact) mass is 1110 g/mol. The molecule has 0 aliphatic carbocycles. The van der Waals surface area contributed by atoms with E-state index in [9.17, 15) is 0 Å². The molecule has 87 heavy (non-hydrogen) atoms. The first-order valence-electron chi connectivity index (χ1n) is 29.5. The predicted molar refractivity (Wildman–Crippen MR) is 359 cm³/mol. The first-order chi connectivity index (χ1) is 43.1. The number of para-hydroxylation sites is 3. The lowest BCUT2D eigenvalue weighted by molar-refractivity contribution is 0.677. The Morgan fingerprint density at radius 2 is 0.575 bits per heavy atom. The van der Waals surface area contributed by atoms with Gasteiger partial charge in [0.15, 0.2) is 17.5 Å². The molecule has 0 saturated heterocycles. The van der Waals surface area contributed by atoms with Crippen molar-refractivity contribution in [2.45, 2.75) is 0 Å². The zero-order valence-electron chi connectivity index (χ0n) is 47.1. The summed E-state index contributed by atoms with van der Waals surface area (Å²) in [5.74, 6) is 1.70. The van der Waals surface area contributed by atoms with Gasteiger partial charge >= 0.3 is 0 Å². The third-order valence-corrected chi connectivity index (χ3v) is 17.1. The van der Waals surface area contributed by atoms with Crippen molar-refractivity contribution in [3.8, 4) is 101 Å². The number of aromatic nitrogens is 5. The van der Waals surface area contributed by atoms with Gasteiger partial charge in [-0.25, -0.2) is 15.0 Å². The highest BCUT2D eigenvalue weighted by molar-refractivity contribution is 6.29. The van der Waals surface area contributed by atoms with Crippen LogP contribution in [0.25, 0.3) is 167 Å². The second-order valence-electron chi connectivity index (χ2n) is 22.2. The normalized spacial score (nSPS) is 11.7. The standard InChI is InChI=1S/C81H51N5O/c1-7-23-52(24-8-1)55-39-41-58(42-40-55)79-82-80(61-48-59(53-25-9-2-10-26-53)47-60(49-61)54-27-11-3-12-28-54)84-81(83-79)62-50-68(56-29-13-4-14-30-56)76(69(51-62)57-31-15-5-16-32-57)86-71-38-22-20-36-67(71)75-73(86)46-44-65-64-43-45-72-74(77(64)87-78(65)75)66-35-19-21-37-70(66)85(72)63-33-17-6-18-34-63/h1-51H. The van der Waals surface area contributed by atoms with E-state index >= 15 is 0 Å². The number of hydrogen-bond donors (Lipinski definition) is 0. The SMILES string of the molecule is c1ccc(-c2ccc(-c3nc(-c4cc(-c5ccccc5)cc(-c5ccccc5)c4)nc(-c4cc(-c5ccccc5)c(-n5c6ccccc6c6c7oc8c(ccc9c8c8ccccc8n9-c8ccccc8)c7ccc65)c(-c5ccccc5)c4)n3)cc2)cc1. The highest BCUT2D eigenvalue weighted by atomic mass is 16.3. The minimum atomic E-state index is 0.556. The molecule has 17 aromatic rings. The number of nitrogens with zero attached hydrogens (tertiary/aromatic N) is 5. The molecule has 0 fully saturated rings. The summed E-state index contributed by atoms with van der Waals surface area (Å²) in [5, 5.41) is 6.55. The minimum absolute atomic E-state index is 0.556. The van der Waals surface area contributed by atoms with Crippen molar-refractivity contribution in [1.82, 2.24) is 24.1 Å². The van der Waals surface area contributed by atoms with Crippen molar-refractivity contribution in [3.05, 3.63) is 309 Å². The van der Waals surface area contributed by atoms with Gasteiger partial charge in [0.05, 0.1) is 38.5 Å². The second kappa shape index (κ2) is 20.6. The van der Waals surface area contributed by atoms with Crippen LogP contribution in [0.5, 0.6) is 0 Å². The first-order valence-corrected chi connectivity index (χ1v) is 29.5. The van der Waals surface area contributed by atoms with Gasteiger partial charge < -0.3 is 13.6 Å². The fraction of sp³-hybridized carbons (Fsp3) is 0. The van der Waals surface area contributed by atoms with E-state index < -0.39 is 0 Å². The second-order valence-corrected chi connectivity index (χ2v) is 22.2. The maximum Gasteiger partial charge on any atom is 0.164 e. The molecule has 6 heteroatoms. The van der Waals surface area contributed by atoms with E-state index in [4.69, 9.17) is 19.4 Å². The fourth-order valence-electron chi connectivity index (χ4n) is 13.1. The number of fused-ring (bicyclic) bond motifs is 11. The molecule has 0 aliphatic heterocycles. The molecule has 17 rings (SSSR count). The average molecular weight is 1110 g/mol. The summed E-state index contributed by atoms with van der Waals surface area (Å²) >= 11 is 0. The van der Waals surface area contributed by atoms with Crippen molar-refractivity contribution < 1.29 is 4.42 Å². The molecule has 0 saturated carbocycles. The van der Waals surface area contributed by atoms with Gasteiger partial charge in [-0.1, -0.05) is 231 Å². The zero-order valence-corrected chi connectivity index (χ0v) is 47.1. The van der Waals surface area contributed by atoms with Crippen LogP contribution in [0, 0.1) is 0 Å². The van der Waals surface area contributed by atoms with Crippen molar-refractivity contribution in [2.24, 2.45) is 0 Å². The molecule has 0 radical (unpaired) electrons. The number of rotatable bonds is 10. The summed E-state index contributed by atoms with van der Waals surface area (Å²) in [5.41, 5.74) is 21.6.